The number of aliphatic hydroxyl groups is 1. The van der Waals surface area contributed by atoms with E-state index in [1.165, 1.54) is 0 Å². The molecule has 2 atom stereocenters. The second-order valence-corrected chi connectivity index (χ2v) is 5.69. The minimum Gasteiger partial charge on any atom is -0.396 e. The van der Waals surface area contributed by atoms with E-state index in [1.54, 1.807) is 11.7 Å². The molecule has 2 N–H and O–H groups in total. The Morgan fingerprint density at radius 1 is 1.58 bits per heavy atom. The van der Waals surface area contributed by atoms with E-state index in [2.05, 4.69) is 24.3 Å². The van der Waals surface area contributed by atoms with Gasteiger partial charge in [-0.15, -0.1) is 0 Å². The lowest BCUT2D eigenvalue weighted by molar-refractivity contribution is 0.0906. The highest BCUT2D eigenvalue weighted by molar-refractivity contribution is 5.92. The summed E-state index contributed by atoms with van der Waals surface area (Å²) in [6.45, 7) is 4.26. The van der Waals surface area contributed by atoms with Gasteiger partial charge in [0.2, 0.25) is 0 Å². The summed E-state index contributed by atoms with van der Waals surface area (Å²) in [5.41, 5.74) is 1.52. The van der Waals surface area contributed by atoms with Gasteiger partial charge >= 0.3 is 0 Å². The van der Waals surface area contributed by atoms with Crippen molar-refractivity contribution in [2.45, 2.75) is 45.1 Å². The van der Waals surface area contributed by atoms with Crippen LogP contribution >= 0.6 is 0 Å². The van der Waals surface area contributed by atoms with Gasteiger partial charge in [0.1, 0.15) is 5.69 Å². The summed E-state index contributed by atoms with van der Waals surface area (Å²) < 4.78 is 1.63. The quantitative estimate of drug-likeness (QED) is 0.865. The summed E-state index contributed by atoms with van der Waals surface area (Å²) in [4.78, 5) is 12.3. The van der Waals surface area contributed by atoms with Gasteiger partial charge in [0, 0.05) is 25.6 Å². The fourth-order valence-corrected chi connectivity index (χ4v) is 2.67. The van der Waals surface area contributed by atoms with Gasteiger partial charge in [0.05, 0.1) is 5.69 Å². The number of carbonyl (C=O) groups is 1. The van der Waals surface area contributed by atoms with Crippen LogP contribution in [0.5, 0.6) is 0 Å². The van der Waals surface area contributed by atoms with Gasteiger partial charge in [0.15, 0.2) is 0 Å². The lowest BCUT2D eigenvalue weighted by atomic mass is 10.0. The average molecular weight is 265 g/mol. The average Bonchev–Trinajstić information content (AvgIpc) is 2.95. The standard InChI is InChI=1S/C14H23N3O2/c1-9(2)12-7-13(17(3)16-12)14(19)15-11-6-4-5-10(11)8-18/h7,9-11,18H,4-6,8H2,1-3H3,(H,15,19)/t10-,11-/m1/s1. The first kappa shape index (κ1) is 14.1. The van der Waals surface area contributed by atoms with Crippen LogP contribution in [0.25, 0.3) is 0 Å². The van der Waals surface area contributed by atoms with Crippen LogP contribution in [0, 0.1) is 5.92 Å². The fraction of sp³-hybridized carbons (Fsp3) is 0.714. The molecule has 0 aromatic carbocycles. The molecule has 0 unspecified atom stereocenters. The molecule has 0 spiro atoms. The number of hydrogen-bond acceptors (Lipinski definition) is 3. The molecule has 19 heavy (non-hydrogen) atoms. The van der Waals surface area contributed by atoms with Crippen molar-refractivity contribution in [2.75, 3.05) is 6.61 Å². The number of carbonyl (C=O) groups excluding carboxylic acids is 1. The van der Waals surface area contributed by atoms with Crippen LogP contribution in [0.4, 0.5) is 0 Å². The van der Waals surface area contributed by atoms with Crippen LogP contribution < -0.4 is 5.32 Å². The highest BCUT2D eigenvalue weighted by atomic mass is 16.3. The SMILES string of the molecule is CC(C)c1cc(C(=O)N[C@@H]2CCC[C@@H]2CO)n(C)n1. The van der Waals surface area contributed by atoms with Gasteiger partial charge in [-0.2, -0.15) is 5.10 Å². The zero-order chi connectivity index (χ0) is 14.0. The van der Waals surface area contributed by atoms with Crippen LogP contribution in [0.15, 0.2) is 6.07 Å². The molecule has 1 saturated carbocycles. The largest absolute Gasteiger partial charge is 0.396 e. The minimum absolute atomic E-state index is 0.0905. The van der Waals surface area contributed by atoms with Crippen molar-refractivity contribution in [3.63, 3.8) is 0 Å². The molecular weight excluding hydrogens is 242 g/mol. The fourth-order valence-electron chi connectivity index (χ4n) is 2.67. The normalized spacial score (nSPS) is 23.0. The van der Waals surface area contributed by atoms with Crippen molar-refractivity contribution in [3.05, 3.63) is 17.5 Å². The molecule has 5 heteroatoms. The van der Waals surface area contributed by atoms with Gasteiger partial charge in [-0.1, -0.05) is 20.3 Å². The molecule has 5 nitrogen and oxygen atoms in total. The van der Waals surface area contributed by atoms with E-state index in [1.807, 2.05) is 6.07 Å². The van der Waals surface area contributed by atoms with Crippen LogP contribution in [0.3, 0.4) is 0 Å². The Hall–Kier alpha value is -1.36. The molecule has 0 saturated heterocycles. The van der Waals surface area contributed by atoms with Crippen LogP contribution in [0.1, 0.15) is 55.2 Å². The van der Waals surface area contributed by atoms with Crippen LogP contribution in [0.2, 0.25) is 0 Å². The lowest BCUT2D eigenvalue weighted by Crippen LogP contribution is -2.39. The summed E-state index contributed by atoms with van der Waals surface area (Å²) in [6, 6.07) is 1.94. The van der Waals surface area contributed by atoms with Crippen LogP contribution in [-0.4, -0.2) is 33.4 Å². The van der Waals surface area contributed by atoms with E-state index in [-0.39, 0.29) is 24.5 Å². The number of rotatable bonds is 4. The first-order chi connectivity index (χ1) is 9.02. The molecule has 1 aliphatic rings. The predicted octanol–water partition coefficient (Wildman–Crippen LogP) is 1.43. The van der Waals surface area contributed by atoms with Crippen molar-refractivity contribution < 1.29 is 9.90 Å². The number of aliphatic hydroxyl groups excluding tert-OH is 1. The predicted molar refractivity (Wildman–Crippen MR) is 73.0 cm³/mol. The number of nitrogens with one attached hydrogen (secondary N) is 1. The van der Waals surface area contributed by atoms with E-state index >= 15 is 0 Å². The third-order valence-electron chi connectivity index (χ3n) is 3.93. The van der Waals surface area contributed by atoms with Crippen LogP contribution in [-0.2, 0) is 7.05 Å². The second kappa shape index (κ2) is 5.74. The molecule has 1 aliphatic carbocycles. The monoisotopic (exact) mass is 265 g/mol. The zero-order valence-corrected chi connectivity index (χ0v) is 11.9. The minimum atomic E-state index is -0.0905. The Morgan fingerprint density at radius 2 is 2.32 bits per heavy atom. The van der Waals surface area contributed by atoms with Gasteiger partial charge in [0.25, 0.3) is 5.91 Å². The molecular formula is C14H23N3O2. The maximum Gasteiger partial charge on any atom is 0.269 e. The maximum atomic E-state index is 12.3. The zero-order valence-electron chi connectivity index (χ0n) is 11.9. The number of aryl methyl sites for hydroxylation is 1. The van der Waals surface area contributed by atoms with Gasteiger partial charge in [-0.25, -0.2) is 0 Å². The van der Waals surface area contributed by atoms with Crippen molar-refractivity contribution in [1.29, 1.82) is 0 Å². The Kier molecular flexibility index (Phi) is 4.24. The van der Waals surface area contributed by atoms with Gasteiger partial charge in [-0.05, 0) is 24.8 Å². The lowest BCUT2D eigenvalue weighted by Gasteiger charge is -2.18. The van der Waals surface area contributed by atoms with Crippen molar-refractivity contribution >= 4 is 5.91 Å². The Labute approximate surface area is 114 Å². The molecule has 106 valence electrons. The smallest absolute Gasteiger partial charge is 0.269 e. The maximum absolute atomic E-state index is 12.3. The molecule has 2 rings (SSSR count). The molecule has 0 aliphatic heterocycles. The summed E-state index contributed by atoms with van der Waals surface area (Å²) in [7, 11) is 1.79. The molecule has 1 amide bonds. The molecule has 1 aromatic rings. The highest BCUT2D eigenvalue weighted by Gasteiger charge is 2.29. The third-order valence-corrected chi connectivity index (χ3v) is 3.93. The van der Waals surface area contributed by atoms with Crippen molar-refractivity contribution in [3.8, 4) is 0 Å². The number of hydrogen-bond donors (Lipinski definition) is 2. The number of aromatic nitrogens is 2. The highest BCUT2D eigenvalue weighted by Crippen LogP contribution is 2.25. The topological polar surface area (TPSA) is 67.2 Å². The summed E-state index contributed by atoms with van der Waals surface area (Å²) in [5, 5.41) is 16.7. The van der Waals surface area contributed by atoms with Gasteiger partial charge in [-0.3, -0.25) is 9.48 Å². The van der Waals surface area contributed by atoms with E-state index in [4.69, 9.17) is 0 Å². The second-order valence-electron chi connectivity index (χ2n) is 5.69. The first-order valence-corrected chi connectivity index (χ1v) is 6.98. The van der Waals surface area contributed by atoms with E-state index in [9.17, 15) is 9.90 Å². The Bertz CT molecular complexity index is 454. The van der Waals surface area contributed by atoms with E-state index in [0.29, 0.717) is 11.6 Å². The number of nitrogens with zero attached hydrogens (tertiary/aromatic N) is 2. The molecule has 1 fully saturated rings. The van der Waals surface area contributed by atoms with Crippen molar-refractivity contribution in [1.82, 2.24) is 15.1 Å². The van der Waals surface area contributed by atoms with E-state index < -0.39 is 0 Å². The summed E-state index contributed by atoms with van der Waals surface area (Å²) >= 11 is 0. The summed E-state index contributed by atoms with van der Waals surface area (Å²) in [5.74, 6) is 0.415. The first-order valence-electron chi connectivity index (χ1n) is 6.98. The van der Waals surface area contributed by atoms with E-state index in [0.717, 1.165) is 25.0 Å². The Morgan fingerprint density at radius 3 is 2.89 bits per heavy atom. The van der Waals surface area contributed by atoms with Gasteiger partial charge < -0.3 is 10.4 Å². The molecule has 1 aromatic heterocycles. The Balaban J connectivity index is 2.07. The summed E-state index contributed by atoms with van der Waals surface area (Å²) in [6.07, 6.45) is 3.01. The van der Waals surface area contributed by atoms with Crippen molar-refractivity contribution in [2.24, 2.45) is 13.0 Å². The molecule has 0 radical (unpaired) electrons. The number of amides is 1. The molecule has 1 heterocycles. The third kappa shape index (κ3) is 2.97. The molecule has 0 bridgehead atoms.